The van der Waals surface area contributed by atoms with Crippen LogP contribution in [0, 0.1) is 5.92 Å². The summed E-state index contributed by atoms with van der Waals surface area (Å²) in [6, 6.07) is 0.807. The highest BCUT2D eigenvalue weighted by Gasteiger charge is 2.31. The number of aliphatic hydroxyl groups is 1. The van der Waals surface area contributed by atoms with E-state index in [4.69, 9.17) is 0 Å². The molecule has 0 amide bonds. The molecule has 110 valence electrons. The van der Waals surface area contributed by atoms with Crippen molar-refractivity contribution < 1.29 is 5.11 Å². The first-order valence-electron chi connectivity index (χ1n) is 8.47. The number of aliphatic hydroxyl groups excluding tert-OH is 1. The molecule has 3 nitrogen and oxygen atoms in total. The zero-order valence-electron chi connectivity index (χ0n) is 12.3. The number of hydrogen-bond acceptors (Lipinski definition) is 3. The van der Waals surface area contributed by atoms with Gasteiger partial charge in [0.05, 0.1) is 6.10 Å². The third-order valence-electron chi connectivity index (χ3n) is 5.52. The van der Waals surface area contributed by atoms with E-state index in [1.165, 1.54) is 71.1 Å². The zero-order valence-corrected chi connectivity index (χ0v) is 12.3. The van der Waals surface area contributed by atoms with Crippen molar-refractivity contribution in [1.29, 1.82) is 0 Å². The van der Waals surface area contributed by atoms with Gasteiger partial charge in [0, 0.05) is 19.1 Å². The van der Waals surface area contributed by atoms with E-state index in [0.717, 1.165) is 19.0 Å². The highest BCUT2D eigenvalue weighted by Crippen LogP contribution is 2.27. The summed E-state index contributed by atoms with van der Waals surface area (Å²) in [7, 11) is 0. The van der Waals surface area contributed by atoms with E-state index in [1.807, 2.05) is 0 Å². The van der Waals surface area contributed by atoms with Crippen LogP contribution in [0.25, 0.3) is 0 Å². The molecule has 3 heteroatoms. The number of rotatable bonds is 3. The fourth-order valence-electron chi connectivity index (χ4n) is 4.29. The molecule has 0 aromatic rings. The topological polar surface area (TPSA) is 26.7 Å². The highest BCUT2D eigenvalue weighted by molar-refractivity contribution is 4.87. The van der Waals surface area contributed by atoms with Crippen molar-refractivity contribution in [1.82, 2.24) is 9.80 Å². The molecule has 3 rings (SSSR count). The Labute approximate surface area is 118 Å². The Kier molecular flexibility index (Phi) is 4.78. The van der Waals surface area contributed by atoms with Crippen LogP contribution in [-0.4, -0.2) is 59.8 Å². The fraction of sp³-hybridized carbons (Fsp3) is 1.00. The molecule has 1 N–H and O–H groups in total. The molecule has 3 fully saturated rings. The molecule has 0 radical (unpaired) electrons. The van der Waals surface area contributed by atoms with Gasteiger partial charge in [-0.2, -0.15) is 0 Å². The Morgan fingerprint density at radius 1 is 0.842 bits per heavy atom. The van der Waals surface area contributed by atoms with Gasteiger partial charge >= 0.3 is 0 Å². The maximum atomic E-state index is 10.1. The second-order valence-electron chi connectivity index (χ2n) is 6.91. The van der Waals surface area contributed by atoms with Gasteiger partial charge in [-0.1, -0.05) is 19.3 Å². The van der Waals surface area contributed by atoms with Crippen molar-refractivity contribution in [3.05, 3.63) is 0 Å². The van der Waals surface area contributed by atoms with Crippen molar-refractivity contribution in [2.45, 2.75) is 63.5 Å². The minimum Gasteiger partial charge on any atom is -0.393 e. The second-order valence-corrected chi connectivity index (χ2v) is 6.91. The van der Waals surface area contributed by atoms with Gasteiger partial charge in [0.1, 0.15) is 0 Å². The lowest BCUT2D eigenvalue weighted by molar-refractivity contribution is 0.0490. The summed E-state index contributed by atoms with van der Waals surface area (Å²) in [5.74, 6) is 0.550. The van der Waals surface area contributed by atoms with Gasteiger partial charge in [-0.25, -0.2) is 0 Å². The molecule has 3 unspecified atom stereocenters. The standard InChI is InChI=1S/C16H30N2O/c19-16-7-3-2-6-14(16)12-17-11-8-15(13-17)18-9-4-1-5-10-18/h14-16,19H,1-13H2. The van der Waals surface area contributed by atoms with E-state index < -0.39 is 0 Å². The SMILES string of the molecule is OC1CCCCC1CN1CCC(N2CCCCC2)C1. The van der Waals surface area contributed by atoms with Gasteiger partial charge in [0.2, 0.25) is 0 Å². The van der Waals surface area contributed by atoms with Gasteiger partial charge in [-0.3, -0.25) is 4.90 Å². The Morgan fingerprint density at radius 2 is 1.63 bits per heavy atom. The molecule has 1 aliphatic carbocycles. The molecule has 0 bridgehead atoms. The van der Waals surface area contributed by atoms with Crippen molar-refractivity contribution in [2.24, 2.45) is 5.92 Å². The zero-order chi connectivity index (χ0) is 13.1. The Balaban J connectivity index is 1.45. The molecule has 1 saturated carbocycles. The van der Waals surface area contributed by atoms with Crippen molar-refractivity contribution >= 4 is 0 Å². The van der Waals surface area contributed by atoms with E-state index in [0.29, 0.717) is 5.92 Å². The van der Waals surface area contributed by atoms with Crippen LogP contribution in [0.1, 0.15) is 51.4 Å². The Hall–Kier alpha value is -0.120. The van der Waals surface area contributed by atoms with E-state index >= 15 is 0 Å². The lowest BCUT2D eigenvalue weighted by atomic mass is 9.86. The average Bonchev–Trinajstić information content (AvgIpc) is 2.91. The average molecular weight is 266 g/mol. The van der Waals surface area contributed by atoms with Crippen LogP contribution < -0.4 is 0 Å². The molecule has 0 aromatic carbocycles. The first kappa shape index (κ1) is 13.8. The van der Waals surface area contributed by atoms with Gasteiger partial charge in [-0.05, 0) is 57.7 Å². The summed E-state index contributed by atoms with van der Waals surface area (Å²) >= 11 is 0. The minimum absolute atomic E-state index is 0.0252. The summed E-state index contributed by atoms with van der Waals surface area (Å²) in [5.41, 5.74) is 0. The summed E-state index contributed by atoms with van der Waals surface area (Å²) in [6.45, 7) is 6.30. The van der Waals surface area contributed by atoms with Crippen LogP contribution in [0.2, 0.25) is 0 Å². The van der Waals surface area contributed by atoms with Crippen molar-refractivity contribution in [3.8, 4) is 0 Å². The molecule has 2 heterocycles. The van der Waals surface area contributed by atoms with Crippen LogP contribution in [0.5, 0.6) is 0 Å². The van der Waals surface area contributed by atoms with Gasteiger partial charge in [0.15, 0.2) is 0 Å². The number of piperidine rings is 1. The van der Waals surface area contributed by atoms with Gasteiger partial charge in [-0.15, -0.1) is 0 Å². The van der Waals surface area contributed by atoms with Gasteiger partial charge in [0.25, 0.3) is 0 Å². The van der Waals surface area contributed by atoms with Crippen LogP contribution in [0.4, 0.5) is 0 Å². The van der Waals surface area contributed by atoms with E-state index in [2.05, 4.69) is 9.80 Å². The van der Waals surface area contributed by atoms with Crippen LogP contribution in [0.15, 0.2) is 0 Å². The van der Waals surface area contributed by atoms with E-state index in [9.17, 15) is 5.11 Å². The van der Waals surface area contributed by atoms with Crippen LogP contribution in [0.3, 0.4) is 0 Å². The van der Waals surface area contributed by atoms with E-state index in [-0.39, 0.29) is 6.10 Å². The van der Waals surface area contributed by atoms with Gasteiger partial charge < -0.3 is 10.0 Å². The summed E-state index contributed by atoms with van der Waals surface area (Å²) in [5, 5.41) is 10.1. The maximum Gasteiger partial charge on any atom is 0.0580 e. The molecule has 3 aliphatic rings. The summed E-state index contributed by atoms with van der Waals surface area (Å²) in [6.07, 6.45) is 10.4. The first-order valence-corrected chi connectivity index (χ1v) is 8.47. The molecule has 3 atom stereocenters. The summed E-state index contributed by atoms with van der Waals surface area (Å²) < 4.78 is 0. The summed E-state index contributed by atoms with van der Waals surface area (Å²) in [4.78, 5) is 5.35. The molecule has 0 aromatic heterocycles. The van der Waals surface area contributed by atoms with Crippen LogP contribution in [-0.2, 0) is 0 Å². The lowest BCUT2D eigenvalue weighted by Crippen LogP contribution is -2.42. The number of nitrogens with zero attached hydrogens (tertiary/aromatic N) is 2. The largest absolute Gasteiger partial charge is 0.393 e. The monoisotopic (exact) mass is 266 g/mol. The third kappa shape index (κ3) is 3.50. The smallest absolute Gasteiger partial charge is 0.0580 e. The highest BCUT2D eigenvalue weighted by atomic mass is 16.3. The predicted molar refractivity (Wildman–Crippen MR) is 78.2 cm³/mol. The number of hydrogen-bond donors (Lipinski definition) is 1. The molecular formula is C16H30N2O. The Bertz CT molecular complexity index is 278. The second kappa shape index (κ2) is 6.55. The fourth-order valence-corrected chi connectivity index (χ4v) is 4.29. The van der Waals surface area contributed by atoms with Crippen LogP contribution >= 0.6 is 0 Å². The molecule has 2 aliphatic heterocycles. The normalized spacial score (nSPS) is 38.7. The maximum absolute atomic E-state index is 10.1. The first-order chi connectivity index (χ1) is 9.33. The van der Waals surface area contributed by atoms with E-state index in [1.54, 1.807) is 0 Å². The predicted octanol–water partition coefficient (Wildman–Crippen LogP) is 2.10. The number of likely N-dealkylation sites (tertiary alicyclic amines) is 2. The third-order valence-corrected chi connectivity index (χ3v) is 5.52. The van der Waals surface area contributed by atoms with Crippen molar-refractivity contribution in [2.75, 3.05) is 32.7 Å². The van der Waals surface area contributed by atoms with Crippen molar-refractivity contribution in [3.63, 3.8) is 0 Å². The quantitative estimate of drug-likeness (QED) is 0.847. The lowest BCUT2D eigenvalue weighted by Gasteiger charge is -2.33. The molecule has 0 spiro atoms. The molecular weight excluding hydrogens is 236 g/mol. The molecule has 2 saturated heterocycles. The minimum atomic E-state index is -0.0252. The Morgan fingerprint density at radius 3 is 2.42 bits per heavy atom. The molecule has 19 heavy (non-hydrogen) atoms.